The van der Waals surface area contributed by atoms with Crippen LogP contribution in [0.2, 0.25) is 0 Å². The molecule has 0 aliphatic carbocycles. The topological polar surface area (TPSA) is 23.6 Å². The molecule has 0 bridgehead atoms. The Bertz CT molecular complexity index is 788. The van der Waals surface area contributed by atoms with E-state index in [0.717, 1.165) is 55.1 Å². The summed E-state index contributed by atoms with van der Waals surface area (Å²) in [6.07, 6.45) is 3.45. The van der Waals surface area contributed by atoms with E-state index in [-0.39, 0.29) is 17.1 Å². The second-order valence-corrected chi connectivity index (χ2v) is 8.77. The van der Waals surface area contributed by atoms with Crippen molar-refractivity contribution in [3.63, 3.8) is 0 Å². The standard InChI is InChI=1S/C21H25FN2OS/c1-16-7-12-26-19(16)20(25)24-11-9-21(15-24)8-2-10-23(14-21)13-17-3-5-18(22)6-4-17/h3-7,12H,2,8-11,13-15H2,1H3/t21-/m1/s1. The molecule has 3 heterocycles. The number of likely N-dealkylation sites (tertiary alicyclic amines) is 2. The molecule has 0 unspecified atom stereocenters. The van der Waals surface area contributed by atoms with Gasteiger partial charge in [-0.25, -0.2) is 4.39 Å². The second kappa shape index (κ2) is 7.12. The van der Waals surface area contributed by atoms with Crippen molar-refractivity contribution >= 4 is 17.2 Å². The molecule has 1 aromatic carbocycles. The maximum absolute atomic E-state index is 13.1. The summed E-state index contributed by atoms with van der Waals surface area (Å²) >= 11 is 1.55. The van der Waals surface area contributed by atoms with Crippen molar-refractivity contribution in [2.45, 2.75) is 32.7 Å². The summed E-state index contributed by atoms with van der Waals surface area (Å²) in [6.45, 7) is 6.71. The lowest BCUT2D eigenvalue weighted by molar-refractivity contribution is 0.0678. The normalized spacial score (nSPS) is 23.7. The Kier molecular flexibility index (Phi) is 4.84. The van der Waals surface area contributed by atoms with Gasteiger partial charge in [-0.2, -0.15) is 0 Å². The van der Waals surface area contributed by atoms with Crippen LogP contribution in [0.15, 0.2) is 35.7 Å². The maximum atomic E-state index is 13.1. The number of hydrogen-bond donors (Lipinski definition) is 0. The maximum Gasteiger partial charge on any atom is 0.264 e. The fourth-order valence-corrected chi connectivity index (χ4v) is 5.36. The Morgan fingerprint density at radius 1 is 1.15 bits per heavy atom. The predicted molar refractivity (Wildman–Crippen MR) is 103 cm³/mol. The molecule has 26 heavy (non-hydrogen) atoms. The molecule has 2 fully saturated rings. The molecule has 1 amide bonds. The molecule has 1 atom stereocenters. The second-order valence-electron chi connectivity index (χ2n) is 7.85. The highest BCUT2D eigenvalue weighted by molar-refractivity contribution is 7.12. The van der Waals surface area contributed by atoms with Gasteiger partial charge in [0.1, 0.15) is 5.82 Å². The lowest BCUT2D eigenvalue weighted by Gasteiger charge is -2.40. The number of benzene rings is 1. The van der Waals surface area contributed by atoms with Gasteiger partial charge in [-0.3, -0.25) is 9.69 Å². The Morgan fingerprint density at radius 2 is 1.96 bits per heavy atom. The van der Waals surface area contributed by atoms with Gasteiger partial charge < -0.3 is 4.90 Å². The molecule has 1 spiro atoms. The molecule has 2 aliphatic rings. The highest BCUT2D eigenvalue weighted by Gasteiger charge is 2.43. The molecule has 0 N–H and O–H groups in total. The van der Waals surface area contributed by atoms with E-state index in [1.54, 1.807) is 11.3 Å². The van der Waals surface area contributed by atoms with Crippen molar-refractivity contribution in [1.29, 1.82) is 0 Å². The van der Waals surface area contributed by atoms with Gasteiger partial charge in [0.05, 0.1) is 4.88 Å². The van der Waals surface area contributed by atoms with Gasteiger partial charge in [-0.05, 0) is 67.4 Å². The van der Waals surface area contributed by atoms with Gasteiger partial charge in [0.2, 0.25) is 0 Å². The molecular formula is C21H25FN2OS. The van der Waals surface area contributed by atoms with E-state index < -0.39 is 0 Å². The molecule has 2 saturated heterocycles. The number of rotatable bonds is 3. The molecule has 4 rings (SSSR count). The van der Waals surface area contributed by atoms with Crippen LogP contribution in [-0.2, 0) is 6.54 Å². The van der Waals surface area contributed by atoms with Crippen LogP contribution in [0.1, 0.15) is 40.1 Å². The smallest absolute Gasteiger partial charge is 0.264 e. The minimum atomic E-state index is -0.183. The molecule has 5 heteroatoms. The van der Waals surface area contributed by atoms with Crippen LogP contribution in [-0.4, -0.2) is 41.9 Å². The average molecular weight is 373 g/mol. The predicted octanol–water partition coefficient (Wildman–Crippen LogP) is 4.32. The number of nitrogens with zero attached hydrogens (tertiary/aromatic N) is 2. The monoisotopic (exact) mass is 372 g/mol. The van der Waals surface area contributed by atoms with Crippen LogP contribution in [0.5, 0.6) is 0 Å². The zero-order chi connectivity index (χ0) is 18.1. The summed E-state index contributed by atoms with van der Waals surface area (Å²) in [7, 11) is 0. The molecule has 0 radical (unpaired) electrons. The molecule has 2 aliphatic heterocycles. The highest BCUT2D eigenvalue weighted by Crippen LogP contribution is 2.40. The first-order chi connectivity index (χ1) is 12.5. The number of aryl methyl sites for hydroxylation is 1. The molecule has 138 valence electrons. The molecule has 3 nitrogen and oxygen atoms in total. The molecular weight excluding hydrogens is 347 g/mol. The van der Waals surface area contributed by atoms with Crippen molar-refractivity contribution in [2.75, 3.05) is 26.2 Å². The lowest BCUT2D eigenvalue weighted by Crippen LogP contribution is -2.45. The Morgan fingerprint density at radius 3 is 2.69 bits per heavy atom. The van der Waals surface area contributed by atoms with E-state index >= 15 is 0 Å². The quantitative estimate of drug-likeness (QED) is 0.801. The summed E-state index contributed by atoms with van der Waals surface area (Å²) in [5.41, 5.74) is 2.46. The third-order valence-corrected chi connectivity index (χ3v) is 6.85. The Balaban J connectivity index is 1.41. The summed E-state index contributed by atoms with van der Waals surface area (Å²) < 4.78 is 13.1. The van der Waals surface area contributed by atoms with Crippen molar-refractivity contribution in [1.82, 2.24) is 9.80 Å². The molecule has 1 aromatic heterocycles. The van der Waals surface area contributed by atoms with Gasteiger partial charge in [0.15, 0.2) is 0 Å². The van der Waals surface area contributed by atoms with Crippen LogP contribution in [0.25, 0.3) is 0 Å². The summed E-state index contributed by atoms with van der Waals surface area (Å²) in [6, 6.07) is 8.85. The first kappa shape index (κ1) is 17.7. The van der Waals surface area contributed by atoms with E-state index in [1.807, 2.05) is 30.5 Å². The van der Waals surface area contributed by atoms with Gasteiger partial charge >= 0.3 is 0 Å². The van der Waals surface area contributed by atoms with Gasteiger partial charge in [-0.1, -0.05) is 12.1 Å². The van der Waals surface area contributed by atoms with Crippen LogP contribution in [0, 0.1) is 18.2 Å². The van der Waals surface area contributed by atoms with E-state index in [9.17, 15) is 9.18 Å². The van der Waals surface area contributed by atoms with E-state index in [4.69, 9.17) is 0 Å². The van der Waals surface area contributed by atoms with Crippen molar-refractivity contribution in [3.05, 3.63) is 57.5 Å². The molecule has 2 aromatic rings. The number of hydrogen-bond acceptors (Lipinski definition) is 3. The average Bonchev–Trinajstić information content (AvgIpc) is 3.23. The van der Waals surface area contributed by atoms with Gasteiger partial charge in [-0.15, -0.1) is 11.3 Å². The van der Waals surface area contributed by atoms with Crippen molar-refractivity contribution in [2.24, 2.45) is 5.41 Å². The summed E-state index contributed by atoms with van der Waals surface area (Å²) in [4.78, 5) is 18.3. The van der Waals surface area contributed by atoms with Gasteiger partial charge in [0, 0.05) is 31.6 Å². The number of piperidine rings is 1. The Hall–Kier alpha value is -1.72. The minimum Gasteiger partial charge on any atom is -0.337 e. The van der Waals surface area contributed by atoms with Crippen LogP contribution >= 0.6 is 11.3 Å². The fraction of sp³-hybridized carbons (Fsp3) is 0.476. The van der Waals surface area contributed by atoms with Crippen molar-refractivity contribution in [3.8, 4) is 0 Å². The number of carbonyl (C=O) groups is 1. The number of thiophene rings is 1. The van der Waals surface area contributed by atoms with Crippen molar-refractivity contribution < 1.29 is 9.18 Å². The zero-order valence-electron chi connectivity index (χ0n) is 15.2. The van der Waals surface area contributed by atoms with E-state index in [1.165, 1.54) is 25.0 Å². The van der Waals surface area contributed by atoms with Crippen LogP contribution in [0.3, 0.4) is 0 Å². The third-order valence-electron chi connectivity index (χ3n) is 5.84. The first-order valence-corrected chi connectivity index (χ1v) is 10.2. The largest absolute Gasteiger partial charge is 0.337 e. The van der Waals surface area contributed by atoms with Crippen LogP contribution < -0.4 is 0 Å². The number of carbonyl (C=O) groups excluding carboxylic acids is 1. The number of halogens is 1. The SMILES string of the molecule is Cc1ccsc1C(=O)N1CC[C@@]2(CCCN(Cc3ccc(F)cc3)C2)C1. The van der Waals surface area contributed by atoms with Crippen LogP contribution in [0.4, 0.5) is 4.39 Å². The summed E-state index contributed by atoms with van der Waals surface area (Å²) in [5, 5.41) is 2.00. The lowest BCUT2D eigenvalue weighted by atomic mass is 9.79. The summed E-state index contributed by atoms with van der Waals surface area (Å²) in [5.74, 6) is 0.0164. The zero-order valence-corrected chi connectivity index (χ0v) is 16.0. The fourth-order valence-electron chi connectivity index (χ4n) is 4.47. The van der Waals surface area contributed by atoms with E-state index in [0.29, 0.717) is 0 Å². The highest BCUT2D eigenvalue weighted by atomic mass is 32.1. The van der Waals surface area contributed by atoms with Gasteiger partial charge in [0.25, 0.3) is 5.91 Å². The van der Waals surface area contributed by atoms with E-state index in [2.05, 4.69) is 9.80 Å². The molecule has 0 saturated carbocycles. The third kappa shape index (κ3) is 3.55. The first-order valence-electron chi connectivity index (χ1n) is 9.35. The number of amides is 1. The minimum absolute atomic E-state index is 0.183. The Labute approximate surface area is 158 Å².